The van der Waals surface area contributed by atoms with Crippen LogP contribution in [0.5, 0.6) is 0 Å². The Morgan fingerprint density at radius 1 is 0.347 bits per heavy atom. The van der Waals surface area contributed by atoms with Gasteiger partial charge in [0.1, 0.15) is 0 Å². The predicted molar refractivity (Wildman–Crippen MR) is 197 cm³/mol. The van der Waals surface area contributed by atoms with Gasteiger partial charge >= 0.3 is 16.8 Å². The molecule has 12 atom stereocenters. The molecule has 0 saturated carbocycles. The molecule has 4 aromatic rings. The van der Waals surface area contributed by atoms with E-state index < -0.39 is 0 Å². The first kappa shape index (κ1) is 32.9. The average Bonchev–Trinajstić information content (AvgIpc) is 3.98. The Morgan fingerprint density at radius 3 is 0.796 bits per heavy atom. The van der Waals surface area contributed by atoms with E-state index in [0.717, 1.165) is 25.7 Å². The third-order valence-corrected chi connectivity index (χ3v) is 12.0. The molecule has 1 radical (unpaired) electrons. The van der Waals surface area contributed by atoms with Gasteiger partial charge in [-0.25, -0.2) is 0 Å². The molecule has 0 aliphatic carbocycles. The van der Waals surface area contributed by atoms with Crippen molar-refractivity contribution in [3.63, 3.8) is 0 Å². The quantitative estimate of drug-likeness (QED) is 0.211. The number of hydrogen-bond acceptors (Lipinski definition) is 2. The van der Waals surface area contributed by atoms with Crippen LogP contribution in [0.4, 0.5) is 0 Å². The maximum Gasteiger partial charge on any atom is 2.00 e. The topological polar surface area (TPSA) is 52.3 Å². The van der Waals surface area contributed by atoms with E-state index in [4.69, 9.17) is 10.6 Å². The van der Waals surface area contributed by atoms with Crippen LogP contribution in [0.3, 0.4) is 0 Å². The van der Waals surface area contributed by atoms with Gasteiger partial charge in [0.05, 0.1) is 0 Å². The maximum absolute atomic E-state index is 5.80. The molecule has 5 heteroatoms. The van der Waals surface area contributed by atoms with Crippen molar-refractivity contribution in [3.05, 3.63) is 179 Å². The molecular weight excluding hydrogens is 643 g/mol. The van der Waals surface area contributed by atoms with Crippen molar-refractivity contribution in [1.29, 1.82) is 0 Å². The van der Waals surface area contributed by atoms with Gasteiger partial charge in [0.2, 0.25) is 0 Å². The minimum absolute atomic E-state index is 0. The Kier molecular flexibility index (Phi) is 9.74. The second kappa shape index (κ2) is 14.5. The summed E-state index contributed by atoms with van der Waals surface area (Å²) < 4.78 is 0. The van der Waals surface area contributed by atoms with Crippen LogP contribution in [0.2, 0.25) is 0 Å². The van der Waals surface area contributed by atoms with Gasteiger partial charge in [-0.1, -0.05) is 171 Å². The molecule has 2 N–H and O–H groups in total. The Labute approximate surface area is 302 Å². The third kappa shape index (κ3) is 6.42. The summed E-state index contributed by atoms with van der Waals surface area (Å²) in [4.78, 5) is 0. The van der Waals surface area contributed by atoms with Crippen molar-refractivity contribution in [2.45, 2.75) is 97.7 Å². The first-order valence-electron chi connectivity index (χ1n) is 18.3. The number of benzene rings is 4. The average molecular weight is 690 g/mol. The first-order valence-corrected chi connectivity index (χ1v) is 18.3. The zero-order chi connectivity index (χ0) is 31.9. The van der Waals surface area contributed by atoms with Crippen LogP contribution >= 0.6 is 0 Å². The van der Waals surface area contributed by atoms with Gasteiger partial charge < -0.3 is 21.3 Å². The van der Waals surface area contributed by atoms with Crippen molar-refractivity contribution in [1.82, 2.24) is 10.6 Å². The van der Waals surface area contributed by atoms with Crippen molar-refractivity contribution in [2.75, 3.05) is 0 Å². The summed E-state index contributed by atoms with van der Waals surface area (Å²) >= 11 is 0. The zero-order valence-electron chi connectivity index (χ0n) is 27.8. The maximum atomic E-state index is 5.80. The molecule has 49 heavy (non-hydrogen) atoms. The zero-order valence-corrected chi connectivity index (χ0v) is 28.9. The number of nitrogens with one attached hydrogen (secondary N) is 2. The van der Waals surface area contributed by atoms with E-state index in [1.807, 2.05) is 0 Å². The summed E-state index contributed by atoms with van der Waals surface area (Å²) in [5.41, 5.74) is 5.55. The summed E-state index contributed by atoms with van der Waals surface area (Å²) in [6.45, 7) is 0. The summed E-state index contributed by atoms with van der Waals surface area (Å²) in [6, 6.07) is 46.7. The monoisotopic (exact) mass is 689 g/mol. The minimum atomic E-state index is 0. The number of rotatable bonds is 4. The molecule has 5 heterocycles. The molecule has 12 unspecified atom stereocenters. The molecule has 3 fully saturated rings. The Morgan fingerprint density at radius 2 is 0.571 bits per heavy atom. The summed E-state index contributed by atoms with van der Waals surface area (Å²) in [5.74, 6) is 1.14. The Hall–Kier alpha value is -3.29. The second-order valence-electron chi connectivity index (χ2n) is 14.7. The van der Waals surface area contributed by atoms with Gasteiger partial charge in [0, 0.05) is 24.2 Å². The van der Waals surface area contributed by atoms with Gasteiger partial charge in [-0.3, -0.25) is 0 Å². The van der Waals surface area contributed by atoms with E-state index in [2.05, 4.69) is 156 Å². The van der Waals surface area contributed by atoms with Crippen LogP contribution in [0.25, 0.3) is 10.6 Å². The molecule has 8 bridgehead atoms. The molecule has 5 aliphatic heterocycles. The van der Waals surface area contributed by atoms with Crippen molar-refractivity contribution >= 4 is 0 Å². The van der Waals surface area contributed by atoms with E-state index in [1.54, 1.807) is 0 Å². The smallest absolute Gasteiger partial charge is 0.656 e. The standard InChI is InChI=1S/C44H46N4.Co/c1-5-13-29(14-6-1)41-33-21-23-35(45-33)42(30-15-7-2-8-16-30)37-25-27-39(47-37)44(32-19-11-4-12-20-32)40-28-26-38(48-40)43(31-17-9-3-10-18-31)36-24-22-34(41)46-36;/h1-21,23,26,28,33-45,48H,22,24-25,27H2;/q-2;+2. The van der Waals surface area contributed by atoms with Gasteiger partial charge in [0.15, 0.2) is 0 Å². The Balaban J connectivity index is 0.00000348. The molecule has 3 saturated heterocycles. The van der Waals surface area contributed by atoms with Crippen LogP contribution in [0, 0.1) is 0 Å². The van der Waals surface area contributed by atoms with E-state index in [-0.39, 0.29) is 88.8 Å². The Bertz CT molecular complexity index is 1460. The largest absolute Gasteiger partial charge is 2.00 e. The fourth-order valence-electron chi connectivity index (χ4n) is 9.98. The second-order valence-corrected chi connectivity index (χ2v) is 14.7. The molecule has 251 valence electrons. The van der Waals surface area contributed by atoms with Crippen LogP contribution in [-0.2, 0) is 16.8 Å². The fourth-order valence-corrected chi connectivity index (χ4v) is 9.98. The van der Waals surface area contributed by atoms with E-state index in [9.17, 15) is 0 Å². The van der Waals surface area contributed by atoms with Gasteiger partial charge in [0.25, 0.3) is 0 Å². The number of hydrogen-bond donors (Lipinski definition) is 2. The normalized spacial score (nSPS) is 36.4. The van der Waals surface area contributed by atoms with Crippen LogP contribution in [0.1, 0.15) is 71.6 Å². The van der Waals surface area contributed by atoms with Crippen LogP contribution in [0.15, 0.2) is 146 Å². The number of fused-ring (bicyclic) bond motifs is 8. The third-order valence-electron chi connectivity index (χ3n) is 12.0. The van der Waals surface area contributed by atoms with E-state index in [1.165, 1.54) is 22.3 Å². The molecule has 0 spiro atoms. The van der Waals surface area contributed by atoms with Crippen molar-refractivity contribution < 1.29 is 16.8 Å². The number of nitrogens with zero attached hydrogens (tertiary/aromatic N) is 2. The molecule has 0 aromatic heterocycles. The molecule has 5 aliphatic rings. The SMILES string of the molecule is C1=CC2NC1C(c1ccccc1)C1CCC([N-]1)C(c1ccccc1)C1C=CC(N1)C(c1ccccc1)C1CCC([N-]1)C2c1ccccc1.[Co+2]. The molecule has 4 aromatic carbocycles. The summed E-state index contributed by atoms with van der Waals surface area (Å²) in [7, 11) is 0. The van der Waals surface area contributed by atoms with E-state index in [0.29, 0.717) is 0 Å². The van der Waals surface area contributed by atoms with Crippen molar-refractivity contribution in [2.24, 2.45) is 0 Å². The van der Waals surface area contributed by atoms with Gasteiger partial charge in [-0.05, 0) is 45.9 Å². The van der Waals surface area contributed by atoms with E-state index >= 15 is 0 Å². The molecular formula is C44H46CoN4. The van der Waals surface area contributed by atoms with Crippen LogP contribution < -0.4 is 10.6 Å². The molecule has 4 nitrogen and oxygen atoms in total. The van der Waals surface area contributed by atoms with Crippen molar-refractivity contribution in [3.8, 4) is 0 Å². The first-order chi connectivity index (χ1) is 23.8. The van der Waals surface area contributed by atoms with Gasteiger partial charge in [-0.15, -0.1) is 24.2 Å². The molecule has 9 rings (SSSR count). The summed E-state index contributed by atoms with van der Waals surface area (Å²) in [6.07, 6.45) is 14.3. The van der Waals surface area contributed by atoms with Crippen LogP contribution in [-0.4, -0.2) is 48.3 Å². The minimum Gasteiger partial charge on any atom is -0.656 e. The molecule has 0 amide bonds. The predicted octanol–water partition coefficient (Wildman–Crippen LogP) is 8.74. The fraction of sp³-hybridized carbons (Fsp3) is 0.364. The summed E-state index contributed by atoms with van der Waals surface area (Å²) in [5, 5.41) is 20.0. The van der Waals surface area contributed by atoms with Gasteiger partial charge in [-0.2, -0.15) is 0 Å².